The van der Waals surface area contributed by atoms with Crippen LogP contribution in [0.3, 0.4) is 0 Å². The summed E-state index contributed by atoms with van der Waals surface area (Å²) in [6, 6.07) is 5.36. The van der Waals surface area contributed by atoms with Crippen molar-refractivity contribution in [2.45, 2.75) is 33.1 Å². The Labute approximate surface area is 131 Å². The standard InChI is InChI=1S/C16H23ClN2O2/c1-3-16(8-5-9-18-11-16)15(20)19-12-6-7-14(21-4-2)13(17)10-12/h6-7,10,18H,3-5,8-9,11H2,1-2H3,(H,19,20). The number of amides is 1. The molecule has 1 aromatic carbocycles. The van der Waals surface area contributed by atoms with Crippen LogP contribution in [0, 0.1) is 5.41 Å². The van der Waals surface area contributed by atoms with Gasteiger partial charge in [-0.15, -0.1) is 0 Å². The van der Waals surface area contributed by atoms with Gasteiger partial charge < -0.3 is 15.4 Å². The summed E-state index contributed by atoms with van der Waals surface area (Å²) >= 11 is 6.16. The number of anilines is 1. The van der Waals surface area contributed by atoms with Crippen LogP contribution in [0.1, 0.15) is 33.1 Å². The average molecular weight is 311 g/mol. The topological polar surface area (TPSA) is 50.4 Å². The smallest absolute Gasteiger partial charge is 0.231 e. The second-order valence-corrected chi connectivity index (χ2v) is 5.85. The molecule has 1 amide bonds. The number of nitrogens with one attached hydrogen (secondary N) is 2. The fourth-order valence-electron chi connectivity index (χ4n) is 2.74. The number of ether oxygens (including phenoxy) is 1. The van der Waals surface area contributed by atoms with Crippen molar-refractivity contribution < 1.29 is 9.53 Å². The quantitative estimate of drug-likeness (QED) is 0.875. The first-order valence-corrected chi connectivity index (χ1v) is 7.93. The van der Waals surface area contributed by atoms with Crippen LogP contribution in [0.25, 0.3) is 0 Å². The summed E-state index contributed by atoms with van der Waals surface area (Å²) in [5, 5.41) is 6.83. The Bertz CT molecular complexity index is 499. The van der Waals surface area contributed by atoms with E-state index in [1.807, 2.05) is 13.0 Å². The van der Waals surface area contributed by atoms with Gasteiger partial charge in [-0.1, -0.05) is 18.5 Å². The number of hydrogen-bond acceptors (Lipinski definition) is 3. The van der Waals surface area contributed by atoms with Gasteiger partial charge in [0, 0.05) is 12.2 Å². The highest BCUT2D eigenvalue weighted by molar-refractivity contribution is 6.32. The summed E-state index contributed by atoms with van der Waals surface area (Å²) in [5.74, 6) is 0.708. The molecule has 21 heavy (non-hydrogen) atoms. The first-order valence-electron chi connectivity index (χ1n) is 7.56. The number of hydrogen-bond donors (Lipinski definition) is 2. The molecule has 1 unspecified atom stereocenters. The molecule has 0 bridgehead atoms. The maximum atomic E-state index is 12.6. The summed E-state index contributed by atoms with van der Waals surface area (Å²) < 4.78 is 5.40. The first-order chi connectivity index (χ1) is 10.1. The van der Waals surface area contributed by atoms with Gasteiger partial charge in [-0.25, -0.2) is 0 Å². The van der Waals surface area contributed by atoms with Gasteiger partial charge in [0.15, 0.2) is 0 Å². The van der Waals surface area contributed by atoms with E-state index in [1.54, 1.807) is 12.1 Å². The summed E-state index contributed by atoms with van der Waals surface area (Å²) in [6.45, 7) is 6.27. The SMILES string of the molecule is CCOc1ccc(NC(=O)C2(CC)CCCNC2)cc1Cl. The van der Waals surface area contributed by atoms with Crippen LogP contribution in [0.4, 0.5) is 5.69 Å². The van der Waals surface area contributed by atoms with Gasteiger partial charge in [-0.2, -0.15) is 0 Å². The van der Waals surface area contributed by atoms with Gasteiger partial charge in [0.05, 0.1) is 17.0 Å². The zero-order chi connectivity index (χ0) is 15.3. The van der Waals surface area contributed by atoms with Gasteiger partial charge in [-0.05, 0) is 50.9 Å². The van der Waals surface area contributed by atoms with E-state index in [4.69, 9.17) is 16.3 Å². The van der Waals surface area contributed by atoms with Crippen molar-refractivity contribution in [2.75, 3.05) is 25.0 Å². The molecule has 0 aliphatic carbocycles. The lowest BCUT2D eigenvalue weighted by Gasteiger charge is -2.35. The van der Waals surface area contributed by atoms with Crippen molar-refractivity contribution in [3.05, 3.63) is 23.2 Å². The average Bonchev–Trinajstić information content (AvgIpc) is 2.50. The molecule has 0 aromatic heterocycles. The van der Waals surface area contributed by atoms with Crippen LogP contribution in [-0.2, 0) is 4.79 Å². The van der Waals surface area contributed by atoms with E-state index in [2.05, 4.69) is 17.6 Å². The second kappa shape index (κ2) is 7.14. The van der Waals surface area contributed by atoms with E-state index in [1.165, 1.54) is 0 Å². The van der Waals surface area contributed by atoms with Crippen LogP contribution in [0.5, 0.6) is 5.75 Å². The van der Waals surface area contributed by atoms with Crippen LogP contribution in [0.15, 0.2) is 18.2 Å². The summed E-state index contributed by atoms with van der Waals surface area (Å²) in [7, 11) is 0. The molecule has 116 valence electrons. The predicted molar refractivity (Wildman–Crippen MR) is 86.1 cm³/mol. The third-order valence-electron chi connectivity index (χ3n) is 4.12. The van der Waals surface area contributed by atoms with E-state index in [-0.39, 0.29) is 11.3 Å². The van der Waals surface area contributed by atoms with Crippen molar-refractivity contribution in [1.82, 2.24) is 5.32 Å². The van der Waals surface area contributed by atoms with E-state index in [0.29, 0.717) is 23.1 Å². The summed E-state index contributed by atoms with van der Waals surface area (Å²) in [5.41, 5.74) is 0.399. The Morgan fingerprint density at radius 2 is 2.29 bits per heavy atom. The zero-order valence-corrected chi connectivity index (χ0v) is 13.4. The van der Waals surface area contributed by atoms with Gasteiger partial charge in [-0.3, -0.25) is 4.79 Å². The van der Waals surface area contributed by atoms with Gasteiger partial charge in [0.2, 0.25) is 5.91 Å². The molecular weight excluding hydrogens is 288 g/mol. The third kappa shape index (κ3) is 3.69. The van der Waals surface area contributed by atoms with Crippen molar-refractivity contribution >= 4 is 23.2 Å². The normalized spacial score (nSPS) is 21.9. The molecule has 0 saturated carbocycles. The summed E-state index contributed by atoms with van der Waals surface area (Å²) in [4.78, 5) is 12.6. The molecule has 1 atom stereocenters. The van der Waals surface area contributed by atoms with E-state index < -0.39 is 0 Å². The molecule has 1 aliphatic rings. The van der Waals surface area contributed by atoms with Gasteiger partial charge in [0.1, 0.15) is 5.75 Å². The van der Waals surface area contributed by atoms with E-state index in [0.717, 1.165) is 32.4 Å². The molecule has 5 heteroatoms. The molecule has 1 aliphatic heterocycles. The number of carbonyl (C=O) groups excluding carboxylic acids is 1. The Morgan fingerprint density at radius 1 is 1.48 bits per heavy atom. The monoisotopic (exact) mass is 310 g/mol. The second-order valence-electron chi connectivity index (χ2n) is 5.45. The number of benzene rings is 1. The van der Waals surface area contributed by atoms with Crippen molar-refractivity contribution in [1.29, 1.82) is 0 Å². The van der Waals surface area contributed by atoms with Crippen molar-refractivity contribution in [2.24, 2.45) is 5.41 Å². The molecular formula is C16H23ClN2O2. The number of carbonyl (C=O) groups is 1. The van der Waals surface area contributed by atoms with Crippen LogP contribution >= 0.6 is 11.6 Å². The Morgan fingerprint density at radius 3 is 2.86 bits per heavy atom. The molecule has 1 heterocycles. The number of piperidine rings is 1. The van der Waals surface area contributed by atoms with Gasteiger partial charge in [0.25, 0.3) is 0 Å². The maximum Gasteiger partial charge on any atom is 0.231 e. The Kier molecular flexibility index (Phi) is 5.48. The minimum atomic E-state index is -0.316. The fraction of sp³-hybridized carbons (Fsp3) is 0.562. The third-order valence-corrected chi connectivity index (χ3v) is 4.42. The first kappa shape index (κ1) is 16.1. The summed E-state index contributed by atoms with van der Waals surface area (Å²) in [6.07, 6.45) is 2.79. The molecule has 4 nitrogen and oxygen atoms in total. The predicted octanol–water partition coefficient (Wildman–Crippen LogP) is 3.46. The van der Waals surface area contributed by atoms with Crippen LogP contribution in [0.2, 0.25) is 5.02 Å². The minimum Gasteiger partial charge on any atom is -0.492 e. The highest BCUT2D eigenvalue weighted by Crippen LogP contribution is 2.33. The molecule has 2 N–H and O–H groups in total. The lowest BCUT2D eigenvalue weighted by molar-refractivity contribution is -0.126. The molecule has 2 rings (SSSR count). The van der Waals surface area contributed by atoms with Crippen LogP contribution in [-0.4, -0.2) is 25.6 Å². The van der Waals surface area contributed by atoms with Crippen LogP contribution < -0.4 is 15.4 Å². The largest absolute Gasteiger partial charge is 0.492 e. The highest BCUT2D eigenvalue weighted by atomic mass is 35.5. The number of rotatable bonds is 5. The minimum absolute atomic E-state index is 0.0671. The lowest BCUT2D eigenvalue weighted by atomic mass is 9.77. The molecule has 1 aromatic rings. The highest BCUT2D eigenvalue weighted by Gasteiger charge is 2.37. The molecule has 0 radical (unpaired) electrons. The van der Waals surface area contributed by atoms with Crippen molar-refractivity contribution in [3.63, 3.8) is 0 Å². The molecule has 1 saturated heterocycles. The van der Waals surface area contributed by atoms with E-state index in [9.17, 15) is 4.79 Å². The van der Waals surface area contributed by atoms with Gasteiger partial charge >= 0.3 is 0 Å². The maximum absolute atomic E-state index is 12.6. The Balaban J connectivity index is 2.09. The van der Waals surface area contributed by atoms with E-state index >= 15 is 0 Å². The Hall–Kier alpha value is -1.26. The van der Waals surface area contributed by atoms with Crippen molar-refractivity contribution in [3.8, 4) is 5.75 Å². The zero-order valence-electron chi connectivity index (χ0n) is 12.7. The number of halogens is 1. The lowest BCUT2D eigenvalue weighted by Crippen LogP contribution is -2.47. The molecule has 0 spiro atoms. The molecule has 1 fully saturated rings. The fourth-order valence-corrected chi connectivity index (χ4v) is 2.97.